The highest BCUT2D eigenvalue weighted by atomic mass is 35.5. The van der Waals surface area contributed by atoms with Crippen LogP contribution in [0.5, 0.6) is 5.75 Å². The average Bonchev–Trinajstić information content (AvgIpc) is 2.41. The third kappa shape index (κ3) is 3.14. The lowest BCUT2D eigenvalue weighted by molar-refractivity contribution is 0.0992. The number of methoxy groups -OCH3 is 1. The fraction of sp³-hybridized carbons (Fsp3) is 0.133. The molecule has 0 saturated carbocycles. The van der Waals surface area contributed by atoms with Gasteiger partial charge in [0.15, 0.2) is 17.3 Å². The molecule has 0 amide bonds. The highest BCUT2D eigenvalue weighted by Gasteiger charge is 2.13. The Balaban J connectivity index is 2.21. The van der Waals surface area contributed by atoms with Gasteiger partial charge in [0.05, 0.1) is 7.11 Å². The average molecular weight is 297 g/mol. The maximum Gasteiger partial charge on any atom is 0.167 e. The van der Waals surface area contributed by atoms with Crippen LogP contribution in [0.25, 0.3) is 0 Å². The van der Waals surface area contributed by atoms with Crippen molar-refractivity contribution in [3.8, 4) is 5.75 Å². The third-order valence-corrected chi connectivity index (χ3v) is 3.19. The van der Waals surface area contributed by atoms with Crippen molar-refractivity contribution in [2.45, 2.75) is 6.42 Å². The van der Waals surface area contributed by atoms with E-state index in [1.54, 1.807) is 0 Å². The molecule has 0 aliphatic rings. The first-order valence-corrected chi connectivity index (χ1v) is 6.19. The maximum atomic E-state index is 13.5. The molecular formula is C15H11ClF2O2. The van der Waals surface area contributed by atoms with E-state index in [0.717, 1.165) is 12.1 Å². The highest BCUT2D eigenvalue weighted by Crippen LogP contribution is 2.22. The first-order valence-electron chi connectivity index (χ1n) is 5.82. The summed E-state index contributed by atoms with van der Waals surface area (Å²) in [6.45, 7) is 0. The van der Waals surface area contributed by atoms with E-state index in [2.05, 4.69) is 0 Å². The molecule has 0 radical (unpaired) electrons. The van der Waals surface area contributed by atoms with Crippen LogP contribution in [0.15, 0.2) is 36.4 Å². The Kier molecular flexibility index (Phi) is 4.35. The summed E-state index contributed by atoms with van der Waals surface area (Å²) in [5.74, 6) is -1.31. The molecule has 2 rings (SSSR count). The minimum Gasteiger partial charge on any atom is -0.494 e. The van der Waals surface area contributed by atoms with Gasteiger partial charge in [-0.1, -0.05) is 17.7 Å². The third-order valence-electron chi connectivity index (χ3n) is 2.84. The van der Waals surface area contributed by atoms with Crippen LogP contribution in [0.2, 0.25) is 5.02 Å². The second-order valence-electron chi connectivity index (χ2n) is 4.19. The minimum absolute atomic E-state index is 0.0229. The predicted molar refractivity (Wildman–Crippen MR) is 72.4 cm³/mol. The van der Waals surface area contributed by atoms with Gasteiger partial charge in [-0.25, -0.2) is 8.78 Å². The second-order valence-corrected chi connectivity index (χ2v) is 4.59. The lowest BCUT2D eigenvalue weighted by Crippen LogP contribution is -2.05. The molecule has 0 fully saturated rings. The summed E-state index contributed by atoms with van der Waals surface area (Å²) < 4.78 is 31.2. The number of rotatable bonds is 4. The van der Waals surface area contributed by atoms with Crippen molar-refractivity contribution >= 4 is 17.4 Å². The molecule has 5 heteroatoms. The van der Waals surface area contributed by atoms with Gasteiger partial charge in [0.25, 0.3) is 0 Å². The molecule has 0 bridgehead atoms. The topological polar surface area (TPSA) is 26.3 Å². The van der Waals surface area contributed by atoms with E-state index < -0.39 is 11.6 Å². The van der Waals surface area contributed by atoms with E-state index in [-0.39, 0.29) is 28.5 Å². The smallest absolute Gasteiger partial charge is 0.167 e. The molecule has 0 heterocycles. The van der Waals surface area contributed by atoms with Gasteiger partial charge in [-0.3, -0.25) is 4.79 Å². The van der Waals surface area contributed by atoms with E-state index in [9.17, 15) is 13.6 Å². The monoisotopic (exact) mass is 296 g/mol. The maximum absolute atomic E-state index is 13.5. The number of Topliss-reactive ketones (excluding diaryl/α,β-unsaturated/α-hetero) is 1. The Hall–Kier alpha value is -1.94. The van der Waals surface area contributed by atoms with Crippen LogP contribution in [0.4, 0.5) is 8.78 Å². The molecule has 0 N–H and O–H groups in total. The van der Waals surface area contributed by atoms with E-state index in [1.807, 2.05) is 0 Å². The van der Waals surface area contributed by atoms with Crippen LogP contribution < -0.4 is 4.74 Å². The normalized spacial score (nSPS) is 10.4. The molecule has 104 valence electrons. The second kappa shape index (κ2) is 6.01. The summed E-state index contributed by atoms with van der Waals surface area (Å²) in [6, 6.07) is 7.77. The summed E-state index contributed by atoms with van der Waals surface area (Å²) in [7, 11) is 1.35. The summed E-state index contributed by atoms with van der Waals surface area (Å²) in [4.78, 5) is 12.0. The van der Waals surface area contributed by atoms with Gasteiger partial charge < -0.3 is 4.74 Å². The number of ketones is 1. The van der Waals surface area contributed by atoms with Crippen molar-refractivity contribution in [1.29, 1.82) is 0 Å². The van der Waals surface area contributed by atoms with Gasteiger partial charge >= 0.3 is 0 Å². The number of halogens is 3. The Morgan fingerprint density at radius 1 is 1.20 bits per heavy atom. The van der Waals surface area contributed by atoms with Crippen molar-refractivity contribution in [1.82, 2.24) is 0 Å². The van der Waals surface area contributed by atoms with Crippen LogP contribution in [0, 0.1) is 11.6 Å². The molecule has 2 aromatic rings. The number of benzene rings is 2. The van der Waals surface area contributed by atoms with Gasteiger partial charge in [-0.05, 0) is 35.9 Å². The molecule has 0 atom stereocenters. The van der Waals surface area contributed by atoms with Crippen LogP contribution in [0.3, 0.4) is 0 Å². The van der Waals surface area contributed by atoms with E-state index in [1.165, 1.54) is 31.4 Å². The van der Waals surface area contributed by atoms with Crippen molar-refractivity contribution in [3.05, 3.63) is 64.2 Å². The molecule has 2 aromatic carbocycles. The lowest BCUT2D eigenvalue weighted by atomic mass is 10.0. The van der Waals surface area contributed by atoms with Crippen LogP contribution >= 0.6 is 11.6 Å². The first kappa shape index (κ1) is 14.5. The Morgan fingerprint density at radius 3 is 2.55 bits per heavy atom. The Bertz CT molecular complexity index is 656. The number of carbonyl (C=O) groups is 1. The Morgan fingerprint density at radius 2 is 1.95 bits per heavy atom. The molecule has 0 spiro atoms. The summed E-state index contributed by atoms with van der Waals surface area (Å²) in [6.07, 6.45) is -0.0229. The van der Waals surface area contributed by atoms with Crippen LogP contribution in [-0.2, 0) is 6.42 Å². The summed E-state index contributed by atoms with van der Waals surface area (Å²) >= 11 is 5.85. The standard InChI is InChI=1S/C15H11ClF2O2/c1-20-15-5-3-10(6-13(15)18)14(19)7-9-2-4-11(17)8-12(9)16/h2-6,8H,7H2,1H3. The van der Waals surface area contributed by atoms with Crippen molar-refractivity contribution in [3.63, 3.8) is 0 Å². The molecule has 20 heavy (non-hydrogen) atoms. The molecular weight excluding hydrogens is 286 g/mol. The van der Waals surface area contributed by atoms with Gasteiger partial charge in [-0.2, -0.15) is 0 Å². The zero-order valence-corrected chi connectivity index (χ0v) is 11.4. The van der Waals surface area contributed by atoms with Crippen LogP contribution in [0.1, 0.15) is 15.9 Å². The number of hydrogen-bond donors (Lipinski definition) is 0. The van der Waals surface area contributed by atoms with E-state index >= 15 is 0 Å². The first-order chi connectivity index (χ1) is 9.51. The van der Waals surface area contributed by atoms with Crippen molar-refractivity contribution in [2.75, 3.05) is 7.11 Å². The quantitative estimate of drug-likeness (QED) is 0.796. The van der Waals surface area contributed by atoms with Gasteiger partial charge in [0, 0.05) is 17.0 Å². The highest BCUT2D eigenvalue weighted by molar-refractivity contribution is 6.31. The zero-order valence-electron chi connectivity index (χ0n) is 10.6. The van der Waals surface area contributed by atoms with Crippen LogP contribution in [-0.4, -0.2) is 12.9 Å². The van der Waals surface area contributed by atoms with Gasteiger partial charge in [0.2, 0.25) is 0 Å². The predicted octanol–water partition coefficient (Wildman–Crippen LogP) is 4.05. The molecule has 0 unspecified atom stereocenters. The molecule has 2 nitrogen and oxygen atoms in total. The largest absolute Gasteiger partial charge is 0.494 e. The minimum atomic E-state index is -0.608. The van der Waals surface area contributed by atoms with Gasteiger partial charge in [-0.15, -0.1) is 0 Å². The summed E-state index contributed by atoms with van der Waals surface area (Å²) in [5, 5.41) is 0.173. The fourth-order valence-corrected chi connectivity index (χ4v) is 2.01. The number of carbonyl (C=O) groups excluding carboxylic acids is 1. The van der Waals surface area contributed by atoms with Crippen molar-refractivity contribution in [2.24, 2.45) is 0 Å². The van der Waals surface area contributed by atoms with Crippen molar-refractivity contribution < 1.29 is 18.3 Å². The molecule has 0 aromatic heterocycles. The van der Waals surface area contributed by atoms with E-state index in [0.29, 0.717) is 5.56 Å². The fourth-order valence-electron chi connectivity index (χ4n) is 1.78. The SMILES string of the molecule is COc1ccc(C(=O)Cc2ccc(F)cc2Cl)cc1F. The number of ether oxygens (including phenoxy) is 1. The van der Waals surface area contributed by atoms with Gasteiger partial charge in [0.1, 0.15) is 5.82 Å². The zero-order chi connectivity index (χ0) is 14.7. The molecule has 0 aliphatic heterocycles. The molecule has 0 aliphatic carbocycles. The number of hydrogen-bond acceptors (Lipinski definition) is 2. The summed E-state index contributed by atoms with van der Waals surface area (Å²) in [5.41, 5.74) is 0.706. The molecule has 0 saturated heterocycles. The Labute approximate surface area is 119 Å². The van der Waals surface area contributed by atoms with E-state index in [4.69, 9.17) is 16.3 Å². The lowest BCUT2D eigenvalue weighted by Gasteiger charge is -2.06.